The van der Waals surface area contributed by atoms with E-state index >= 15 is 0 Å². The summed E-state index contributed by atoms with van der Waals surface area (Å²) in [5, 5.41) is 13.5. The predicted molar refractivity (Wildman–Crippen MR) is 64.8 cm³/mol. The van der Waals surface area contributed by atoms with Crippen LogP contribution in [0.25, 0.3) is 0 Å². The number of hydrogen-bond acceptors (Lipinski definition) is 4. The molecule has 1 aromatic rings. The van der Waals surface area contributed by atoms with E-state index in [1.807, 2.05) is 13.0 Å². The number of aryl methyl sites for hydroxylation is 2. The van der Waals surface area contributed by atoms with Gasteiger partial charge in [-0.05, 0) is 32.8 Å². The zero-order valence-electron chi connectivity index (χ0n) is 10.9. The Bertz CT molecular complexity index is 551. The van der Waals surface area contributed by atoms with E-state index in [4.69, 9.17) is 4.74 Å². The first kappa shape index (κ1) is 12.3. The van der Waals surface area contributed by atoms with Crippen molar-refractivity contribution in [1.82, 2.24) is 9.78 Å². The summed E-state index contributed by atoms with van der Waals surface area (Å²) in [6.45, 7) is 3.60. The normalized spacial score (nSPS) is 32.7. The summed E-state index contributed by atoms with van der Waals surface area (Å²) in [6.07, 6.45) is 0.878. The van der Waals surface area contributed by atoms with Crippen molar-refractivity contribution in [1.29, 1.82) is 0 Å². The maximum absolute atomic E-state index is 12.5. The van der Waals surface area contributed by atoms with E-state index in [9.17, 15) is 14.7 Å². The number of aromatic nitrogens is 2. The number of nitrogens with zero attached hydrogens (tertiary/aromatic N) is 2. The van der Waals surface area contributed by atoms with Crippen molar-refractivity contribution in [2.24, 2.45) is 11.8 Å². The molecule has 19 heavy (non-hydrogen) atoms. The highest BCUT2D eigenvalue weighted by Gasteiger charge is 2.56. The van der Waals surface area contributed by atoms with Gasteiger partial charge in [0, 0.05) is 5.69 Å². The zero-order chi connectivity index (χ0) is 13.7. The fourth-order valence-electron chi connectivity index (χ4n) is 3.30. The Morgan fingerprint density at radius 2 is 1.95 bits per heavy atom. The van der Waals surface area contributed by atoms with E-state index in [0.717, 1.165) is 24.2 Å². The number of carboxylic acid groups (broad SMARTS) is 1. The van der Waals surface area contributed by atoms with Crippen LogP contribution in [0.1, 0.15) is 29.0 Å². The first-order valence-electron chi connectivity index (χ1n) is 6.45. The number of aliphatic carboxylic acids is 1. The number of ether oxygens (including phenoxy) is 1. The maximum atomic E-state index is 12.5. The monoisotopic (exact) mass is 264 g/mol. The molecule has 0 unspecified atom stereocenters. The van der Waals surface area contributed by atoms with Gasteiger partial charge in [0.25, 0.3) is 5.91 Å². The Morgan fingerprint density at radius 1 is 1.32 bits per heavy atom. The van der Waals surface area contributed by atoms with Crippen LogP contribution in [0.15, 0.2) is 6.07 Å². The SMILES string of the molecule is Cc1cc(C)n(C(=O)[C@H]2[C@@H](C(=O)O)[C@@H]3CC[C@@H]2O3)n1. The van der Waals surface area contributed by atoms with Crippen LogP contribution >= 0.6 is 0 Å². The lowest BCUT2D eigenvalue weighted by Crippen LogP contribution is -2.41. The largest absolute Gasteiger partial charge is 0.481 e. The molecule has 2 saturated heterocycles. The lowest BCUT2D eigenvalue weighted by molar-refractivity contribution is -0.144. The summed E-state index contributed by atoms with van der Waals surface area (Å²) < 4.78 is 6.92. The zero-order valence-corrected chi connectivity index (χ0v) is 10.9. The standard InChI is InChI=1S/C13H16N2O4/c1-6-5-7(2)15(14-6)12(16)10-8-3-4-9(19-8)11(10)13(17)18/h5,8-11H,3-4H2,1-2H3,(H,17,18)/t8-,9-,10+,11-/m0/s1. The number of hydrogen-bond donors (Lipinski definition) is 1. The molecule has 0 amide bonds. The summed E-state index contributed by atoms with van der Waals surface area (Å²) in [6, 6.07) is 1.81. The minimum atomic E-state index is -0.952. The van der Waals surface area contributed by atoms with Crippen LogP contribution in [0.2, 0.25) is 0 Å². The van der Waals surface area contributed by atoms with Crippen molar-refractivity contribution < 1.29 is 19.4 Å². The summed E-state index contributed by atoms with van der Waals surface area (Å²) in [7, 11) is 0. The molecule has 6 nitrogen and oxygen atoms in total. The molecule has 1 aromatic heterocycles. The summed E-state index contributed by atoms with van der Waals surface area (Å²) >= 11 is 0. The topological polar surface area (TPSA) is 81.4 Å². The minimum absolute atomic E-state index is 0.259. The van der Waals surface area contributed by atoms with Gasteiger partial charge in [0.05, 0.1) is 29.7 Å². The fourth-order valence-corrected chi connectivity index (χ4v) is 3.30. The van der Waals surface area contributed by atoms with Crippen LogP contribution in [-0.2, 0) is 9.53 Å². The third-order valence-corrected chi connectivity index (χ3v) is 4.06. The highest BCUT2D eigenvalue weighted by Crippen LogP contribution is 2.44. The van der Waals surface area contributed by atoms with Gasteiger partial charge in [0.15, 0.2) is 0 Å². The number of fused-ring (bicyclic) bond motifs is 2. The molecule has 0 spiro atoms. The van der Waals surface area contributed by atoms with Gasteiger partial charge >= 0.3 is 5.97 Å². The van der Waals surface area contributed by atoms with E-state index in [2.05, 4.69) is 5.10 Å². The van der Waals surface area contributed by atoms with Gasteiger partial charge in [-0.1, -0.05) is 0 Å². The molecule has 1 N–H and O–H groups in total. The molecule has 2 bridgehead atoms. The molecule has 3 rings (SSSR count). The predicted octanol–water partition coefficient (Wildman–Crippen LogP) is 1.02. The van der Waals surface area contributed by atoms with E-state index in [1.165, 1.54) is 4.68 Å². The third-order valence-electron chi connectivity index (χ3n) is 4.06. The van der Waals surface area contributed by atoms with Gasteiger partial charge in [-0.25, -0.2) is 4.68 Å². The van der Waals surface area contributed by atoms with Crippen molar-refractivity contribution >= 4 is 11.9 Å². The second-order valence-electron chi connectivity index (χ2n) is 5.36. The van der Waals surface area contributed by atoms with Crippen molar-refractivity contribution in [2.45, 2.75) is 38.9 Å². The van der Waals surface area contributed by atoms with Crippen LogP contribution in [0.3, 0.4) is 0 Å². The molecule has 4 atom stereocenters. The lowest BCUT2D eigenvalue weighted by Gasteiger charge is -2.23. The molecule has 6 heteroatoms. The number of carbonyl (C=O) groups excluding carboxylic acids is 1. The smallest absolute Gasteiger partial charge is 0.310 e. The van der Waals surface area contributed by atoms with Crippen LogP contribution in [0, 0.1) is 25.7 Å². The van der Waals surface area contributed by atoms with Crippen molar-refractivity contribution in [3.8, 4) is 0 Å². The molecule has 2 aliphatic rings. The van der Waals surface area contributed by atoms with Crippen LogP contribution < -0.4 is 0 Å². The Labute approximate surface area is 110 Å². The van der Waals surface area contributed by atoms with Crippen LogP contribution in [0.4, 0.5) is 0 Å². The highest BCUT2D eigenvalue weighted by atomic mass is 16.5. The number of rotatable bonds is 2. The summed E-state index contributed by atoms with van der Waals surface area (Å²) in [5.41, 5.74) is 1.48. The molecule has 2 fully saturated rings. The third kappa shape index (κ3) is 1.78. The Morgan fingerprint density at radius 3 is 2.47 bits per heavy atom. The Hall–Kier alpha value is -1.69. The Kier molecular flexibility index (Phi) is 2.70. The molecule has 0 saturated carbocycles. The average Bonchev–Trinajstić information content (AvgIpc) is 3.01. The quantitative estimate of drug-likeness (QED) is 0.862. The maximum Gasteiger partial charge on any atom is 0.310 e. The number of carbonyl (C=O) groups is 2. The van der Waals surface area contributed by atoms with E-state index in [0.29, 0.717) is 0 Å². The fraction of sp³-hybridized carbons (Fsp3) is 0.615. The van der Waals surface area contributed by atoms with Crippen molar-refractivity contribution in [3.63, 3.8) is 0 Å². The lowest BCUT2D eigenvalue weighted by atomic mass is 9.79. The average molecular weight is 264 g/mol. The first-order valence-corrected chi connectivity index (χ1v) is 6.45. The van der Waals surface area contributed by atoms with E-state index < -0.39 is 17.8 Å². The first-order chi connectivity index (χ1) is 8.99. The van der Waals surface area contributed by atoms with Gasteiger partial charge in [-0.3, -0.25) is 9.59 Å². The highest BCUT2D eigenvalue weighted by molar-refractivity contribution is 5.88. The molecular formula is C13H16N2O4. The Balaban J connectivity index is 1.94. The van der Waals surface area contributed by atoms with Crippen LogP contribution in [0.5, 0.6) is 0 Å². The molecule has 102 valence electrons. The molecule has 2 aliphatic heterocycles. The van der Waals surface area contributed by atoms with Crippen molar-refractivity contribution in [2.75, 3.05) is 0 Å². The van der Waals surface area contributed by atoms with Gasteiger partial charge in [-0.15, -0.1) is 0 Å². The number of carboxylic acids is 1. The molecule has 3 heterocycles. The van der Waals surface area contributed by atoms with Gasteiger partial charge in [-0.2, -0.15) is 5.10 Å². The summed E-state index contributed by atoms with van der Waals surface area (Å²) in [5.74, 6) is -2.57. The van der Waals surface area contributed by atoms with Gasteiger partial charge < -0.3 is 9.84 Å². The molecule has 0 aliphatic carbocycles. The van der Waals surface area contributed by atoms with E-state index in [1.54, 1.807) is 6.92 Å². The van der Waals surface area contributed by atoms with Gasteiger partial charge in [0.2, 0.25) is 0 Å². The molecule has 0 radical (unpaired) electrons. The van der Waals surface area contributed by atoms with Crippen molar-refractivity contribution in [3.05, 3.63) is 17.5 Å². The summed E-state index contributed by atoms with van der Waals surface area (Å²) in [4.78, 5) is 23.9. The molecule has 0 aromatic carbocycles. The van der Waals surface area contributed by atoms with Crippen LogP contribution in [-0.4, -0.2) is 39.0 Å². The second kappa shape index (κ2) is 4.16. The molecular weight excluding hydrogens is 248 g/mol. The van der Waals surface area contributed by atoms with Gasteiger partial charge in [0.1, 0.15) is 0 Å². The second-order valence-corrected chi connectivity index (χ2v) is 5.36. The minimum Gasteiger partial charge on any atom is -0.481 e. The van der Waals surface area contributed by atoms with E-state index in [-0.39, 0.29) is 18.1 Å².